The molecule has 4 aromatic heterocycles. The summed E-state index contributed by atoms with van der Waals surface area (Å²) in [5.41, 5.74) is 2.40. The van der Waals surface area contributed by atoms with Crippen LogP contribution in [0.5, 0.6) is 0 Å². The van der Waals surface area contributed by atoms with Crippen LogP contribution in [0, 0.1) is 23.7 Å². The Morgan fingerprint density at radius 2 is 1.10 bits per heavy atom. The Hall–Kier alpha value is -2.82. The number of nitrogens with zero attached hydrogens (tertiary/aromatic N) is 3. The average Bonchev–Trinajstić information content (AvgIpc) is 3.75. The van der Waals surface area contributed by atoms with Gasteiger partial charge in [-0.1, -0.05) is 25.7 Å². The van der Waals surface area contributed by atoms with E-state index >= 15 is 0 Å². The van der Waals surface area contributed by atoms with Gasteiger partial charge in [0.2, 0.25) is 0 Å². The molecule has 0 aliphatic heterocycles. The van der Waals surface area contributed by atoms with E-state index in [0.717, 1.165) is 81.2 Å². The summed E-state index contributed by atoms with van der Waals surface area (Å²) < 4.78 is 6.53. The predicted octanol–water partition coefficient (Wildman–Crippen LogP) is 6.73. The van der Waals surface area contributed by atoms with E-state index in [0.29, 0.717) is 10.0 Å². The van der Waals surface area contributed by atoms with Crippen molar-refractivity contribution in [3.63, 3.8) is 0 Å². The van der Waals surface area contributed by atoms with Gasteiger partial charge in [-0.2, -0.15) is 0 Å². The zero-order valence-electron chi connectivity index (χ0n) is 21.3. The molecule has 4 aliphatic carbocycles. The lowest BCUT2D eigenvalue weighted by molar-refractivity contribution is -0.120. The Kier molecular flexibility index (Phi) is 5.29. The Morgan fingerprint density at radius 1 is 0.641 bits per heavy atom. The summed E-state index contributed by atoms with van der Waals surface area (Å²) in [5, 5.41) is 1.39. The number of aromatic nitrogens is 1. The van der Waals surface area contributed by atoms with E-state index in [1.807, 2.05) is 19.2 Å². The molecule has 4 aromatic rings. The van der Waals surface area contributed by atoms with Crippen LogP contribution in [0.3, 0.4) is 0 Å². The third kappa shape index (κ3) is 3.37. The number of aliphatic imine (C=N–C) groups is 2. The minimum atomic E-state index is -0.174. The van der Waals surface area contributed by atoms with Crippen LogP contribution in [0.15, 0.2) is 22.1 Å². The number of hydrogen-bond acceptors (Lipinski definition) is 9. The van der Waals surface area contributed by atoms with E-state index in [1.165, 1.54) is 22.7 Å². The summed E-state index contributed by atoms with van der Waals surface area (Å²) >= 11 is 4.70. The topological polar surface area (TPSA) is 97.9 Å². The third-order valence-corrected chi connectivity index (χ3v) is 12.7. The first kappa shape index (κ1) is 24.0. The van der Waals surface area contributed by atoms with Crippen LogP contribution in [0.1, 0.15) is 51.4 Å². The molecule has 8 rings (SSSR count). The molecule has 0 N–H and O–H groups in total. The largest absolute Gasteiger partial charge is 0.341 e. The summed E-state index contributed by atoms with van der Waals surface area (Å²) in [6.07, 6.45) is 7.21. The Balaban J connectivity index is 1.16. The minimum Gasteiger partial charge on any atom is -0.341 e. The Labute approximate surface area is 235 Å². The lowest BCUT2D eigenvalue weighted by Gasteiger charge is -2.20. The van der Waals surface area contributed by atoms with E-state index in [2.05, 4.69) is 14.6 Å². The molecule has 4 saturated carbocycles. The number of ketones is 4. The SMILES string of the molecule is Cn1c2cc(N=C3C(=O)C4CCCCC4C3=O)sc2c2sc3cc(N=C4C(=O)C5CCCCC5C4=O)sc3c21. The van der Waals surface area contributed by atoms with Crippen molar-refractivity contribution in [2.24, 2.45) is 40.7 Å². The molecule has 0 spiro atoms. The zero-order valence-corrected chi connectivity index (χ0v) is 23.8. The Morgan fingerprint density at radius 3 is 1.62 bits per heavy atom. The van der Waals surface area contributed by atoms with Crippen molar-refractivity contribution in [3.05, 3.63) is 12.1 Å². The standard InChI is InChI=1S/C29H25N3O4S3/c1-32-16-10-18(30-20-23(33)12-6-2-3-7-13(12)24(20)34)38-27(16)29-22(32)28-17(37-29)11-19(39-28)31-21-25(35)14-8-4-5-9-15(14)26(21)36/h10-15H,2-9H2,1H3. The maximum Gasteiger partial charge on any atom is 0.188 e. The Bertz CT molecular complexity index is 1790. The van der Waals surface area contributed by atoms with Gasteiger partial charge in [0.05, 0.1) is 29.8 Å². The van der Waals surface area contributed by atoms with Crippen LogP contribution in [-0.2, 0) is 26.2 Å². The molecular formula is C29H25N3O4S3. The lowest BCUT2D eigenvalue weighted by Crippen LogP contribution is -2.21. The molecule has 0 amide bonds. The monoisotopic (exact) mass is 575 g/mol. The predicted molar refractivity (Wildman–Crippen MR) is 157 cm³/mol. The van der Waals surface area contributed by atoms with Gasteiger partial charge in [-0.15, -0.1) is 34.0 Å². The second-order valence-corrected chi connectivity index (χ2v) is 14.4. The zero-order chi connectivity index (χ0) is 26.6. The van der Waals surface area contributed by atoms with Crippen LogP contribution in [0.25, 0.3) is 29.8 Å². The number of Topliss-reactive ketones (excluding diaryl/α,β-unsaturated/α-hetero) is 4. The van der Waals surface area contributed by atoms with Gasteiger partial charge >= 0.3 is 0 Å². The summed E-state index contributed by atoms with van der Waals surface area (Å²) in [5.74, 6) is -0.979. The molecule has 4 fully saturated rings. The smallest absolute Gasteiger partial charge is 0.188 e. The van der Waals surface area contributed by atoms with Gasteiger partial charge in [0.25, 0.3) is 0 Å². The second kappa shape index (κ2) is 8.59. The highest BCUT2D eigenvalue weighted by atomic mass is 32.1. The molecule has 0 bridgehead atoms. The number of aryl methyl sites for hydroxylation is 1. The summed E-state index contributed by atoms with van der Waals surface area (Å²) in [7, 11) is 2.01. The molecule has 4 heterocycles. The molecule has 4 atom stereocenters. The number of carbonyl (C=O) groups is 4. The van der Waals surface area contributed by atoms with Gasteiger partial charge in [0.1, 0.15) is 10.0 Å². The van der Waals surface area contributed by atoms with Gasteiger partial charge in [0, 0.05) is 30.7 Å². The van der Waals surface area contributed by atoms with Crippen molar-refractivity contribution in [2.75, 3.05) is 0 Å². The van der Waals surface area contributed by atoms with Crippen molar-refractivity contribution in [1.82, 2.24) is 4.57 Å². The van der Waals surface area contributed by atoms with Gasteiger partial charge in [-0.25, -0.2) is 9.98 Å². The first-order valence-corrected chi connectivity index (χ1v) is 16.1. The maximum absolute atomic E-state index is 12.9. The molecule has 39 heavy (non-hydrogen) atoms. The highest BCUT2D eigenvalue weighted by Crippen LogP contribution is 2.50. The highest BCUT2D eigenvalue weighted by molar-refractivity contribution is 7.37. The molecular weight excluding hydrogens is 551 g/mol. The molecule has 0 saturated heterocycles. The molecule has 4 aliphatic rings. The fraction of sp³-hybridized carbons (Fsp3) is 0.448. The number of hydrogen-bond donors (Lipinski definition) is 0. The number of carbonyl (C=O) groups excluding carboxylic acids is 4. The van der Waals surface area contributed by atoms with Gasteiger partial charge < -0.3 is 4.57 Å². The molecule has 10 heteroatoms. The molecule has 7 nitrogen and oxygen atoms in total. The van der Waals surface area contributed by atoms with Crippen LogP contribution in [0.4, 0.5) is 10.0 Å². The lowest BCUT2D eigenvalue weighted by atomic mass is 9.81. The number of thiophene rings is 3. The molecule has 0 radical (unpaired) electrons. The maximum atomic E-state index is 12.9. The fourth-order valence-corrected chi connectivity index (χ4v) is 11.0. The number of rotatable bonds is 2. The van der Waals surface area contributed by atoms with Crippen molar-refractivity contribution in [2.45, 2.75) is 51.4 Å². The first-order chi connectivity index (χ1) is 18.9. The summed E-state index contributed by atoms with van der Waals surface area (Å²) in [6, 6.07) is 3.96. The van der Waals surface area contributed by atoms with Gasteiger partial charge in [-0.05, 0) is 37.8 Å². The highest BCUT2D eigenvalue weighted by Gasteiger charge is 2.48. The van der Waals surface area contributed by atoms with Crippen LogP contribution < -0.4 is 0 Å². The molecule has 4 unspecified atom stereocenters. The molecule has 0 aromatic carbocycles. The van der Waals surface area contributed by atoms with Crippen molar-refractivity contribution >= 4 is 108 Å². The van der Waals surface area contributed by atoms with E-state index in [1.54, 1.807) is 11.3 Å². The van der Waals surface area contributed by atoms with Crippen molar-refractivity contribution in [3.8, 4) is 0 Å². The number of fused-ring (bicyclic) bond motifs is 7. The van der Waals surface area contributed by atoms with Gasteiger partial charge in [-0.3, -0.25) is 19.2 Å². The van der Waals surface area contributed by atoms with E-state index in [4.69, 9.17) is 0 Å². The van der Waals surface area contributed by atoms with Crippen LogP contribution in [-0.4, -0.2) is 39.1 Å². The van der Waals surface area contributed by atoms with Crippen LogP contribution in [0.2, 0.25) is 0 Å². The normalized spacial score (nSPS) is 27.4. The van der Waals surface area contributed by atoms with E-state index < -0.39 is 0 Å². The average molecular weight is 576 g/mol. The minimum absolute atomic E-state index is 0.0707. The van der Waals surface area contributed by atoms with Crippen molar-refractivity contribution in [1.29, 1.82) is 0 Å². The summed E-state index contributed by atoms with van der Waals surface area (Å²) in [4.78, 5) is 60.9. The van der Waals surface area contributed by atoms with E-state index in [-0.39, 0.29) is 58.2 Å². The quantitative estimate of drug-likeness (QED) is 0.265. The molecule has 198 valence electrons. The first-order valence-electron chi connectivity index (χ1n) is 13.7. The van der Waals surface area contributed by atoms with Crippen LogP contribution >= 0.6 is 34.0 Å². The van der Waals surface area contributed by atoms with Gasteiger partial charge in [0.15, 0.2) is 34.6 Å². The third-order valence-electron chi connectivity index (χ3n) is 9.19. The second-order valence-electron chi connectivity index (χ2n) is 11.3. The fourth-order valence-electron chi connectivity index (χ4n) is 7.24. The van der Waals surface area contributed by atoms with E-state index in [9.17, 15) is 19.2 Å². The summed E-state index contributed by atoms with van der Waals surface area (Å²) in [6.45, 7) is 0. The van der Waals surface area contributed by atoms with Crippen molar-refractivity contribution < 1.29 is 19.2 Å².